The second-order valence-corrected chi connectivity index (χ2v) is 18.5. The molecule has 1 aliphatic heterocycles. The van der Waals surface area contributed by atoms with Gasteiger partial charge in [0.25, 0.3) is 0 Å². The molecule has 7 rings (SSSR count). The molecule has 0 aliphatic carbocycles. The Morgan fingerprint density at radius 3 is 1.85 bits per heavy atom. The number of hydrogen-bond acceptors (Lipinski definition) is 2. The van der Waals surface area contributed by atoms with Crippen molar-refractivity contribution in [1.29, 1.82) is 0 Å². The summed E-state index contributed by atoms with van der Waals surface area (Å²) in [5.74, 6) is 1.78. The topological polar surface area (TPSA) is 29.5 Å². The van der Waals surface area contributed by atoms with E-state index in [9.17, 15) is 4.21 Å². The highest BCUT2D eigenvalue weighted by Gasteiger charge is 2.40. The molecule has 0 amide bonds. The molecule has 6 aromatic carbocycles. The van der Waals surface area contributed by atoms with E-state index in [0.717, 1.165) is 33.6 Å². The Kier molecular flexibility index (Phi) is 8.62. The summed E-state index contributed by atoms with van der Waals surface area (Å²) < 4.78 is 23.0. The third-order valence-electron chi connectivity index (χ3n) is 9.39. The van der Waals surface area contributed by atoms with Gasteiger partial charge in [-0.25, -0.2) is 8.51 Å². The predicted octanol–water partition coefficient (Wildman–Crippen LogP) is 9.51. The summed E-state index contributed by atoms with van der Waals surface area (Å²) in [6, 6.07) is 49.5. The van der Waals surface area contributed by atoms with Gasteiger partial charge in [0, 0.05) is 34.5 Å². The van der Waals surface area contributed by atoms with Crippen LogP contribution >= 0.6 is 7.92 Å². The summed E-state index contributed by atoms with van der Waals surface area (Å²) in [6.45, 7) is 10.7. The first-order valence-corrected chi connectivity index (χ1v) is 19.0. The van der Waals surface area contributed by atoms with Crippen LogP contribution in [0.2, 0.25) is 0 Å². The van der Waals surface area contributed by atoms with Crippen molar-refractivity contribution in [3.8, 4) is 11.5 Å². The van der Waals surface area contributed by atoms with Crippen LogP contribution in [0.4, 0.5) is 0 Å². The molecule has 0 aromatic heterocycles. The molecule has 0 unspecified atom stereocenters. The van der Waals surface area contributed by atoms with Gasteiger partial charge in [0.1, 0.15) is 22.5 Å². The molecule has 0 N–H and O–H groups in total. The Labute approximate surface area is 289 Å². The zero-order valence-corrected chi connectivity index (χ0v) is 30.2. The zero-order chi connectivity index (χ0) is 33.6. The fourth-order valence-electron chi connectivity index (χ4n) is 7.00. The molecule has 6 aromatic rings. The van der Waals surface area contributed by atoms with Gasteiger partial charge in [-0.2, -0.15) is 0 Å². The minimum Gasteiger partial charge on any atom is -0.456 e. The van der Waals surface area contributed by atoms with E-state index in [2.05, 4.69) is 153 Å². The molecule has 0 radical (unpaired) electrons. The monoisotopic (exact) mass is 667 g/mol. The van der Waals surface area contributed by atoms with Crippen molar-refractivity contribution in [2.75, 3.05) is 7.05 Å². The van der Waals surface area contributed by atoms with Gasteiger partial charge in [-0.1, -0.05) is 147 Å². The minimum absolute atomic E-state index is 0.307. The molecular weight excluding hydrogens is 626 g/mol. The molecule has 5 heteroatoms. The van der Waals surface area contributed by atoms with Gasteiger partial charge in [-0.3, -0.25) is 0 Å². The van der Waals surface area contributed by atoms with Crippen LogP contribution in [0.1, 0.15) is 62.9 Å². The number of hydrogen-bond donors (Lipinski definition) is 0. The molecule has 1 aliphatic rings. The average Bonchev–Trinajstić information content (AvgIpc) is 3.09. The van der Waals surface area contributed by atoms with Crippen molar-refractivity contribution in [3.05, 3.63) is 162 Å². The fraction of sp³-hybridized carbons (Fsp3) is 0.209. The van der Waals surface area contributed by atoms with Crippen molar-refractivity contribution >= 4 is 45.6 Å². The van der Waals surface area contributed by atoms with E-state index in [1.54, 1.807) is 0 Å². The lowest BCUT2D eigenvalue weighted by molar-refractivity contribution is 0.390. The van der Waals surface area contributed by atoms with Crippen LogP contribution in [0.15, 0.2) is 140 Å². The van der Waals surface area contributed by atoms with Crippen molar-refractivity contribution < 1.29 is 8.95 Å². The quantitative estimate of drug-likeness (QED) is 0.159. The maximum atomic E-state index is 14.2. The van der Waals surface area contributed by atoms with E-state index in [4.69, 9.17) is 4.74 Å². The molecule has 0 bridgehead atoms. The average molecular weight is 668 g/mol. The van der Waals surface area contributed by atoms with E-state index >= 15 is 0 Å². The first-order valence-electron chi connectivity index (χ1n) is 16.5. The molecule has 3 nitrogen and oxygen atoms in total. The number of nitrogens with zero attached hydrogens (tertiary/aromatic N) is 1. The Morgan fingerprint density at radius 2 is 1.23 bits per heavy atom. The maximum absolute atomic E-state index is 14.2. The molecule has 48 heavy (non-hydrogen) atoms. The first-order chi connectivity index (χ1) is 23.1. The molecule has 0 saturated heterocycles. The predicted molar refractivity (Wildman–Crippen MR) is 205 cm³/mol. The number of para-hydroxylation sites is 2. The van der Waals surface area contributed by atoms with Gasteiger partial charge in [-0.15, -0.1) is 0 Å². The van der Waals surface area contributed by atoms with E-state index in [1.807, 2.05) is 32.1 Å². The molecular formula is C43H42NO2PS. The molecule has 1 heterocycles. The highest BCUT2D eigenvalue weighted by atomic mass is 32.2. The van der Waals surface area contributed by atoms with Crippen LogP contribution in [0, 0.1) is 0 Å². The first kappa shape index (κ1) is 32.5. The molecule has 2 atom stereocenters. The van der Waals surface area contributed by atoms with Crippen LogP contribution in [-0.2, 0) is 16.4 Å². The van der Waals surface area contributed by atoms with Gasteiger partial charge in [-0.05, 0) is 61.7 Å². The van der Waals surface area contributed by atoms with Crippen molar-refractivity contribution in [2.45, 2.75) is 50.8 Å². The summed E-state index contributed by atoms with van der Waals surface area (Å²) in [5.41, 5.74) is 4.07. The van der Waals surface area contributed by atoms with E-state index in [1.165, 1.54) is 26.9 Å². The van der Waals surface area contributed by atoms with Gasteiger partial charge < -0.3 is 4.74 Å². The van der Waals surface area contributed by atoms with Crippen molar-refractivity contribution in [1.82, 2.24) is 4.31 Å². The van der Waals surface area contributed by atoms with Crippen molar-refractivity contribution in [3.63, 3.8) is 0 Å². The van der Waals surface area contributed by atoms with E-state index < -0.39 is 23.7 Å². The Bertz CT molecular complexity index is 2080. The lowest BCUT2D eigenvalue weighted by Crippen LogP contribution is -2.38. The molecule has 242 valence electrons. The second kappa shape index (κ2) is 12.7. The van der Waals surface area contributed by atoms with Crippen LogP contribution < -0.4 is 20.7 Å². The molecule has 0 fully saturated rings. The number of benzene rings is 6. The molecule has 0 saturated carbocycles. The van der Waals surface area contributed by atoms with Crippen LogP contribution in [-0.4, -0.2) is 20.3 Å². The smallest absolute Gasteiger partial charge is 0.139 e. The van der Waals surface area contributed by atoms with Crippen molar-refractivity contribution in [2.24, 2.45) is 0 Å². The number of ether oxygens (including phenoxy) is 1. The molecule has 0 spiro atoms. The third-order valence-corrected chi connectivity index (χ3v) is 13.6. The number of rotatable bonds is 7. The summed E-state index contributed by atoms with van der Waals surface area (Å²) in [7, 11) is -0.211. The van der Waals surface area contributed by atoms with Gasteiger partial charge in [0.15, 0.2) is 0 Å². The maximum Gasteiger partial charge on any atom is 0.139 e. The van der Waals surface area contributed by atoms with Gasteiger partial charge >= 0.3 is 0 Å². The van der Waals surface area contributed by atoms with Gasteiger partial charge in [0.2, 0.25) is 0 Å². The van der Waals surface area contributed by atoms with E-state index in [0.29, 0.717) is 0 Å². The van der Waals surface area contributed by atoms with Crippen LogP contribution in [0.5, 0.6) is 11.5 Å². The summed E-state index contributed by atoms with van der Waals surface area (Å²) in [6.07, 6.45) is 0. The van der Waals surface area contributed by atoms with E-state index in [-0.39, 0.29) is 11.5 Å². The largest absolute Gasteiger partial charge is 0.456 e. The number of fused-ring (bicyclic) bond motifs is 3. The summed E-state index contributed by atoms with van der Waals surface area (Å²) >= 11 is 0. The summed E-state index contributed by atoms with van der Waals surface area (Å²) in [5, 5.41) is 6.09. The lowest BCUT2D eigenvalue weighted by Gasteiger charge is -2.40. The lowest BCUT2D eigenvalue weighted by atomic mass is 9.74. The fourth-order valence-corrected chi connectivity index (χ4v) is 10.7. The SMILES string of the molecule is CN([C@H](c1ccc2ccccc2c1)c1cccc2c1Oc1c(P(c3ccccc3)c3ccccc3)cccc1C2(C)C)[S@](=O)C(C)(C)C. The van der Waals surface area contributed by atoms with Crippen LogP contribution in [0.3, 0.4) is 0 Å². The minimum atomic E-state index is -1.29. The third kappa shape index (κ3) is 5.81. The Morgan fingerprint density at radius 1 is 0.667 bits per heavy atom. The van der Waals surface area contributed by atoms with Crippen LogP contribution in [0.25, 0.3) is 10.8 Å². The highest BCUT2D eigenvalue weighted by molar-refractivity contribution is 7.84. The summed E-state index contributed by atoms with van der Waals surface area (Å²) in [4.78, 5) is 0. The normalized spacial score (nSPS) is 15.1. The standard InChI is InChI=1S/C43H42NO2PS/c1-42(2,3)48(45)44(6)39(32-28-27-30-17-13-14-18-31(30)29-32)35-23-15-24-36-40(35)46-41-37(43(36,4)5)25-16-26-38(41)47(33-19-9-7-10-20-33)34-21-11-8-12-22-34/h7-29,39H,1-6H3/t39-,48-/m1/s1. The zero-order valence-electron chi connectivity index (χ0n) is 28.5. The highest BCUT2D eigenvalue weighted by Crippen LogP contribution is 2.53. The second-order valence-electron chi connectivity index (χ2n) is 14.0. The Hall–Kier alpha value is -4.08. The van der Waals surface area contributed by atoms with Gasteiger partial charge in [0.05, 0.1) is 10.8 Å². The Balaban J connectivity index is 1.45.